The number of hydrogen-bond donors (Lipinski definition) is 2. The van der Waals surface area contributed by atoms with Gasteiger partial charge in [-0.05, 0) is 48.4 Å². The van der Waals surface area contributed by atoms with Gasteiger partial charge in [0.2, 0.25) is 5.91 Å². The Morgan fingerprint density at radius 1 is 1.29 bits per heavy atom. The molecule has 1 aromatic carbocycles. The molecule has 0 bridgehead atoms. The minimum Gasteiger partial charge on any atom is -0.497 e. The second-order valence-corrected chi connectivity index (χ2v) is 7.91. The Labute approximate surface area is 170 Å². The number of rotatable bonds is 6. The normalized spacial score (nSPS) is 16.9. The van der Waals surface area contributed by atoms with Crippen molar-refractivity contribution in [3.05, 3.63) is 41.3 Å². The van der Waals surface area contributed by atoms with E-state index in [2.05, 4.69) is 39.9 Å². The van der Waals surface area contributed by atoms with Crippen LogP contribution in [0.1, 0.15) is 24.6 Å². The summed E-state index contributed by atoms with van der Waals surface area (Å²) in [4.78, 5) is 20.5. The zero-order valence-corrected chi connectivity index (χ0v) is 17.5. The van der Waals surface area contributed by atoms with Gasteiger partial charge in [-0.2, -0.15) is 0 Å². The highest BCUT2D eigenvalue weighted by Gasteiger charge is 2.25. The molecule has 2 N–H and O–H groups in total. The molecule has 1 fully saturated rings. The quantitative estimate of drug-likeness (QED) is 0.578. The van der Waals surface area contributed by atoms with Gasteiger partial charge in [0.1, 0.15) is 5.75 Å². The molecule has 28 heavy (non-hydrogen) atoms. The zero-order valence-electron chi connectivity index (χ0n) is 16.7. The highest BCUT2D eigenvalue weighted by Crippen LogP contribution is 2.29. The Hall–Kier alpha value is -2.54. The molecule has 0 spiro atoms. The van der Waals surface area contributed by atoms with Crippen LogP contribution in [0.15, 0.2) is 41.4 Å². The first-order valence-corrected chi connectivity index (χ1v) is 10.4. The second kappa shape index (κ2) is 9.59. The van der Waals surface area contributed by atoms with E-state index in [0.717, 1.165) is 31.2 Å². The number of likely N-dealkylation sites (tertiary alicyclic amines) is 1. The van der Waals surface area contributed by atoms with Crippen molar-refractivity contribution in [1.82, 2.24) is 15.5 Å². The molecule has 0 aliphatic carbocycles. The number of benzene rings is 1. The number of amides is 1. The highest BCUT2D eigenvalue weighted by atomic mass is 32.1. The van der Waals surface area contributed by atoms with E-state index in [1.165, 1.54) is 15.3 Å². The molecule has 1 aliphatic heterocycles. The van der Waals surface area contributed by atoms with Crippen LogP contribution in [0.5, 0.6) is 5.75 Å². The molecule has 3 rings (SSSR count). The fourth-order valence-corrected chi connectivity index (χ4v) is 4.22. The zero-order chi connectivity index (χ0) is 19.9. The van der Waals surface area contributed by atoms with Gasteiger partial charge in [-0.25, -0.2) is 0 Å². The lowest BCUT2D eigenvalue weighted by Crippen LogP contribution is -2.44. The van der Waals surface area contributed by atoms with Gasteiger partial charge in [0.15, 0.2) is 5.96 Å². The van der Waals surface area contributed by atoms with Crippen LogP contribution in [-0.4, -0.2) is 50.1 Å². The maximum Gasteiger partial charge on any atom is 0.222 e. The van der Waals surface area contributed by atoms with Crippen LogP contribution in [0, 0.1) is 0 Å². The first-order chi connectivity index (χ1) is 13.6. The molecular formula is C21H28N4O2S. The number of nitrogens with one attached hydrogen (secondary N) is 2. The maximum atomic E-state index is 11.8. The largest absolute Gasteiger partial charge is 0.497 e. The predicted octanol–water partition coefficient (Wildman–Crippen LogP) is 3.10. The molecule has 1 unspecified atom stereocenters. The van der Waals surface area contributed by atoms with E-state index in [4.69, 9.17) is 4.74 Å². The van der Waals surface area contributed by atoms with Crippen molar-refractivity contribution in [3.63, 3.8) is 0 Å². The number of thiophene rings is 1. The lowest BCUT2D eigenvalue weighted by atomic mass is 10.2. The third-order valence-corrected chi connectivity index (χ3v) is 6.01. The van der Waals surface area contributed by atoms with Crippen LogP contribution in [0.2, 0.25) is 0 Å². The number of carbonyl (C=O) groups is 1. The minimum absolute atomic E-state index is 0.219. The Morgan fingerprint density at radius 2 is 2.07 bits per heavy atom. The summed E-state index contributed by atoms with van der Waals surface area (Å²) in [5.74, 6) is 1.86. The summed E-state index contributed by atoms with van der Waals surface area (Å²) in [7, 11) is 3.45. The standard InChI is InChI=1S/C21H28N4O2S/c1-4-20(26)25-12-11-16(14-25)24-21(22-2)23-13-18-9-10-19(28-18)15-5-7-17(27-3)8-6-15/h5-10,16H,4,11-14H2,1-3H3,(H2,22,23,24). The van der Waals surface area contributed by atoms with Gasteiger partial charge in [0.25, 0.3) is 0 Å². The van der Waals surface area contributed by atoms with Gasteiger partial charge in [-0.3, -0.25) is 9.79 Å². The van der Waals surface area contributed by atoms with Gasteiger partial charge in [-0.1, -0.05) is 6.92 Å². The molecule has 1 amide bonds. The van der Waals surface area contributed by atoms with Gasteiger partial charge in [-0.15, -0.1) is 11.3 Å². The number of methoxy groups -OCH3 is 1. The predicted molar refractivity (Wildman–Crippen MR) is 115 cm³/mol. The fraction of sp³-hybridized carbons (Fsp3) is 0.429. The molecule has 0 radical (unpaired) electrons. The van der Waals surface area contributed by atoms with E-state index in [1.807, 2.05) is 24.0 Å². The van der Waals surface area contributed by atoms with E-state index in [9.17, 15) is 4.79 Å². The van der Waals surface area contributed by atoms with Crippen molar-refractivity contribution in [2.24, 2.45) is 4.99 Å². The summed E-state index contributed by atoms with van der Waals surface area (Å²) in [6.45, 7) is 4.18. The third kappa shape index (κ3) is 5.04. The molecule has 2 aromatic rings. The molecule has 6 nitrogen and oxygen atoms in total. The Kier molecular flexibility index (Phi) is 6.92. The van der Waals surface area contributed by atoms with E-state index >= 15 is 0 Å². The van der Waals surface area contributed by atoms with Crippen molar-refractivity contribution >= 4 is 23.2 Å². The van der Waals surface area contributed by atoms with Gasteiger partial charge >= 0.3 is 0 Å². The molecule has 1 saturated heterocycles. The SMILES string of the molecule is CCC(=O)N1CCC(NC(=NC)NCc2ccc(-c3ccc(OC)cc3)s2)C1. The summed E-state index contributed by atoms with van der Waals surface area (Å²) in [5.41, 5.74) is 1.19. The topological polar surface area (TPSA) is 66.0 Å². The average molecular weight is 401 g/mol. The van der Waals surface area contributed by atoms with Crippen molar-refractivity contribution in [2.75, 3.05) is 27.2 Å². The van der Waals surface area contributed by atoms with E-state index in [0.29, 0.717) is 13.0 Å². The van der Waals surface area contributed by atoms with E-state index in [-0.39, 0.29) is 11.9 Å². The summed E-state index contributed by atoms with van der Waals surface area (Å²) in [6.07, 6.45) is 1.52. The number of guanidine groups is 1. The molecular weight excluding hydrogens is 372 g/mol. The van der Waals surface area contributed by atoms with Crippen molar-refractivity contribution in [2.45, 2.75) is 32.4 Å². The molecule has 0 saturated carbocycles. The molecule has 150 valence electrons. The summed E-state index contributed by atoms with van der Waals surface area (Å²) >= 11 is 1.76. The number of ether oxygens (including phenoxy) is 1. The van der Waals surface area contributed by atoms with Crippen molar-refractivity contribution in [1.29, 1.82) is 0 Å². The van der Waals surface area contributed by atoms with E-state index in [1.54, 1.807) is 25.5 Å². The Balaban J connectivity index is 1.52. The van der Waals surface area contributed by atoms with Crippen LogP contribution in [-0.2, 0) is 11.3 Å². The summed E-state index contributed by atoms with van der Waals surface area (Å²) < 4.78 is 5.22. The summed E-state index contributed by atoms with van der Waals surface area (Å²) in [5, 5.41) is 6.81. The van der Waals surface area contributed by atoms with Crippen LogP contribution in [0.25, 0.3) is 10.4 Å². The average Bonchev–Trinajstić information content (AvgIpc) is 3.40. The smallest absolute Gasteiger partial charge is 0.222 e. The maximum absolute atomic E-state index is 11.8. The van der Waals surface area contributed by atoms with E-state index < -0.39 is 0 Å². The van der Waals surface area contributed by atoms with Crippen LogP contribution in [0.3, 0.4) is 0 Å². The first kappa shape index (κ1) is 20.2. The highest BCUT2D eigenvalue weighted by molar-refractivity contribution is 7.15. The number of carbonyl (C=O) groups excluding carboxylic acids is 1. The van der Waals surface area contributed by atoms with Gasteiger partial charge < -0.3 is 20.3 Å². The third-order valence-electron chi connectivity index (χ3n) is 4.87. The second-order valence-electron chi connectivity index (χ2n) is 6.74. The van der Waals surface area contributed by atoms with Crippen molar-refractivity contribution < 1.29 is 9.53 Å². The number of nitrogens with zero attached hydrogens (tertiary/aromatic N) is 2. The van der Waals surface area contributed by atoms with Crippen LogP contribution < -0.4 is 15.4 Å². The van der Waals surface area contributed by atoms with Crippen LogP contribution in [0.4, 0.5) is 0 Å². The Bertz CT molecular complexity index is 816. The first-order valence-electron chi connectivity index (χ1n) is 9.61. The van der Waals surface area contributed by atoms with Gasteiger partial charge in [0, 0.05) is 42.4 Å². The monoisotopic (exact) mass is 400 g/mol. The Morgan fingerprint density at radius 3 is 2.75 bits per heavy atom. The van der Waals surface area contributed by atoms with Crippen molar-refractivity contribution in [3.8, 4) is 16.2 Å². The number of aliphatic imine (C=N–C) groups is 1. The summed E-state index contributed by atoms with van der Waals surface area (Å²) in [6, 6.07) is 12.6. The lowest BCUT2D eigenvalue weighted by Gasteiger charge is -2.18. The molecule has 1 atom stereocenters. The lowest BCUT2D eigenvalue weighted by molar-refractivity contribution is -0.129. The minimum atomic E-state index is 0.219. The number of hydrogen-bond acceptors (Lipinski definition) is 4. The fourth-order valence-electron chi connectivity index (χ4n) is 3.27. The molecule has 7 heteroatoms. The molecule has 2 heterocycles. The van der Waals surface area contributed by atoms with Crippen LogP contribution >= 0.6 is 11.3 Å². The molecule has 1 aliphatic rings. The van der Waals surface area contributed by atoms with Gasteiger partial charge in [0.05, 0.1) is 13.7 Å². The molecule has 1 aromatic heterocycles.